The van der Waals surface area contributed by atoms with Crippen LogP contribution in [0.25, 0.3) is 11.6 Å². The number of hydrogen-bond donors (Lipinski definition) is 2. The van der Waals surface area contributed by atoms with Gasteiger partial charge in [-0.3, -0.25) is 5.32 Å². The molecule has 1 unspecified atom stereocenters. The monoisotopic (exact) mass is 554 g/mol. The van der Waals surface area contributed by atoms with Crippen molar-refractivity contribution in [1.82, 2.24) is 15.2 Å². The van der Waals surface area contributed by atoms with Crippen molar-refractivity contribution in [2.45, 2.75) is 90.0 Å². The highest BCUT2D eigenvalue weighted by Crippen LogP contribution is 2.45. The third-order valence-electron chi connectivity index (χ3n) is 5.76. The molecule has 38 heavy (non-hydrogen) atoms. The molecule has 9 nitrogen and oxygen atoms in total. The molecule has 1 aliphatic rings. The first-order chi connectivity index (χ1) is 17.3. The van der Waals surface area contributed by atoms with Crippen LogP contribution in [-0.4, -0.2) is 44.3 Å². The number of pyridine rings is 1. The van der Waals surface area contributed by atoms with Crippen LogP contribution >= 0.6 is 0 Å². The van der Waals surface area contributed by atoms with Crippen LogP contribution in [-0.2, 0) is 16.5 Å². The van der Waals surface area contributed by atoms with E-state index < -0.39 is 76.8 Å². The van der Waals surface area contributed by atoms with Gasteiger partial charge in [0.05, 0.1) is 11.8 Å². The first-order valence-corrected chi connectivity index (χ1v) is 11.7. The van der Waals surface area contributed by atoms with E-state index in [0.717, 1.165) is 0 Å². The fourth-order valence-electron chi connectivity index (χ4n) is 3.69. The van der Waals surface area contributed by atoms with Crippen molar-refractivity contribution in [3.8, 4) is 17.5 Å². The SMILES string of the molecule is CC1CC[C@@H](C)Oc2nc(c(NC(=O)OC(C)(C)C)cc2C(F)(F)F)-c2nnc(o2)[C@@](O)(C(F)(F)F)CC1. The van der Waals surface area contributed by atoms with Crippen LogP contribution in [0.15, 0.2) is 10.5 Å². The van der Waals surface area contributed by atoms with Gasteiger partial charge in [-0.25, -0.2) is 9.78 Å². The fraction of sp³-hybridized carbons (Fsp3) is 0.652. The smallest absolute Gasteiger partial charge is 0.426 e. The van der Waals surface area contributed by atoms with Gasteiger partial charge in [-0.15, -0.1) is 10.2 Å². The van der Waals surface area contributed by atoms with Gasteiger partial charge < -0.3 is 19.0 Å². The van der Waals surface area contributed by atoms with E-state index in [4.69, 9.17) is 13.9 Å². The highest BCUT2D eigenvalue weighted by atomic mass is 19.4. The number of nitrogens with zero attached hydrogens (tertiary/aromatic N) is 3. The van der Waals surface area contributed by atoms with Crippen LogP contribution in [0.5, 0.6) is 5.88 Å². The number of anilines is 1. The number of carbonyl (C=O) groups is 1. The number of alkyl halides is 6. The number of ether oxygens (including phenoxy) is 2. The predicted octanol–water partition coefficient (Wildman–Crippen LogP) is 6.22. The number of aromatic nitrogens is 3. The van der Waals surface area contributed by atoms with Gasteiger partial charge >= 0.3 is 18.4 Å². The molecule has 0 spiro atoms. The number of halogens is 6. The molecular weight excluding hydrogens is 526 g/mol. The summed E-state index contributed by atoms with van der Waals surface area (Å²) in [4.78, 5) is 16.2. The largest absolute Gasteiger partial charge is 0.474 e. The van der Waals surface area contributed by atoms with Crippen molar-refractivity contribution in [1.29, 1.82) is 0 Å². The number of rotatable bonds is 1. The first-order valence-electron chi connectivity index (χ1n) is 11.7. The maximum Gasteiger partial charge on any atom is 0.426 e. The van der Waals surface area contributed by atoms with Crippen LogP contribution in [0.1, 0.15) is 71.8 Å². The van der Waals surface area contributed by atoms with Gasteiger partial charge in [0.2, 0.25) is 11.5 Å². The van der Waals surface area contributed by atoms with E-state index in [2.05, 4.69) is 20.5 Å². The zero-order valence-corrected chi connectivity index (χ0v) is 21.3. The minimum atomic E-state index is -5.21. The van der Waals surface area contributed by atoms with Gasteiger partial charge in [0, 0.05) is 0 Å². The average Bonchev–Trinajstić information content (AvgIpc) is 3.23. The quantitative estimate of drug-likeness (QED) is 0.399. The minimum Gasteiger partial charge on any atom is -0.474 e. The van der Waals surface area contributed by atoms with E-state index in [-0.39, 0.29) is 25.2 Å². The zero-order chi connectivity index (χ0) is 28.7. The second-order valence-corrected chi connectivity index (χ2v) is 10.3. The first kappa shape index (κ1) is 29.5. The summed E-state index contributed by atoms with van der Waals surface area (Å²) < 4.78 is 99.5. The Morgan fingerprint density at radius 2 is 1.76 bits per heavy atom. The van der Waals surface area contributed by atoms with Gasteiger partial charge in [-0.05, 0) is 65.4 Å². The predicted molar refractivity (Wildman–Crippen MR) is 120 cm³/mol. The molecule has 3 atom stereocenters. The second-order valence-electron chi connectivity index (χ2n) is 10.3. The Kier molecular flexibility index (Phi) is 7.93. The third-order valence-corrected chi connectivity index (χ3v) is 5.76. The van der Waals surface area contributed by atoms with E-state index in [0.29, 0.717) is 6.07 Å². The van der Waals surface area contributed by atoms with Gasteiger partial charge in [0.15, 0.2) is 5.69 Å². The van der Waals surface area contributed by atoms with Crippen molar-refractivity contribution in [2.75, 3.05) is 5.32 Å². The molecule has 0 aliphatic carbocycles. The highest BCUT2D eigenvalue weighted by molar-refractivity contribution is 5.89. The molecule has 1 amide bonds. The van der Waals surface area contributed by atoms with Crippen LogP contribution < -0.4 is 10.1 Å². The second kappa shape index (κ2) is 10.2. The lowest BCUT2D eigenvalue weighted by atomic mass is 9.89. The standard InChI is InChI=1S/C23H28F6N4O5/c1-11-6-7-12(2)36-16-13(22(24,25)26)10-14(30-19(34)38-20(3,4)5)15(31-16)17-32-33-18(37-17)21(35,9-8-11)23(27,28)29/h10-12,35H,6-9H2,1-5H3,(H,30,34)/t11?,12-,21-/m1/s1. The molecule has 0 radical (unpaired) electrons. The number of fused-ring (bicyclic) bond motifs is 5. The Hall–Kier alpha value is -3.10. The maximum atomic E-state index is 14.0. The van der Waals surface area contributed by atoms with Gasteiger partial charge in [0.25, 0.3) is 11.8 Å². The molecule has 3 rings (SSSR count). The van der Waals surface area contributed by atoms with Crippen LogP contribution in [0.3, 0.4) is 0 Å². The fourth-order valence-corrected chi connectivity index (χ4v) is 3.69. The Morgan fingerprint density at radius 1 is 1.11 bits per heavy atom. The number of aliphatic hydroxyl groups is 1. The molecule has 0 fully saturated rings. The number of hydrogen-bond acceptors (Lipinski definition) is 8. The molecule has 2 aromatic heterocycles. The summed E-state index contributed by atoms with van der Waals surface area (Å²) in [5.41, 5.74) is -7.16. The number of nitrogens with one attached hydrogen (secondary N) is 1. The molecule has 0 saturated heterocycles. The summed E-state index contributed by atoms with van der Waals surface area (Å²) >= 11 is 0. The van der Waals surface area contributed by atoms with E-state index >= 15 is 0 Å². The zero-order valence-electron chi connectivity index (χ0n) is 21.3. The molecule has 212 valence electrons. The maximum absolute atomic E-state index is 14.0. The van der Waals surface area contributed by atoms with Crippen LogP contribution in [0.2, 0.25) is 0 Å². The summed E-state index contributed by atoms with van der Waals surface area (Å²) in [5.74, 6) is -3.26. The summed E-state index contributed by atoms with van der Waals surface area (Å²) in [7, 11) is 0. The summed E-state index contributed by atoms with van der Waals surface area (Å²) in [6.45, 7) is 7.67. The molecule has 1 aliphatic heterocycles. The summed E-state index contributed by atoms with van der Waals surface area (Å²) in [6, 6.07) is 0.489. The van der Waals surface area contributed by atoms with Crippen molar-refractivity contribution in [3.05, 3.63) is 17.5 Å². The van der Waals surface area contributed by atoms with E-state index in [1.54, 1.807) is 6.92 Å². The Balaban J connectivity index is 2.24. The molecule has 0 saturated carbocycles. The van der Waals surface area contributed by atoms with Crippen molar-refractivity contribution >= 4 is 11.8 Å². The van der Waals surface area contributed by atoms with E-state index in [9.17, 15) is 36.2 Å². The Labute approximate surface area is 213 Å². The molecule has 2 aromatic rings. The summed E-state index contributed by atoms with van der Waals surface area (Å²) in [5, 5.41) is 19.5. The molecule has 2 N–H and O–H groups in total. The minimum absolute atomic E-state index is 0.108. The van der Waals surface area contributed by atoms with E-state index in [1.165, 1.54) is 27.7 Å². The number of amides is 1. The van der Waals surface area contributed by atoms with Crippen molar-refractivity contribution in [2.24, 2.45) is 5.92 Å². The van der Waals surface area contributed by atoms with Gasteiger partial charge in [-0.1, -0.05) is 6.92 Å². The Bertz CT molecular complexity index is 1160. The molecule has 4 bridgehead atoms. The average molecular weight is 554 g/mol. The van der Waals surface area contributed by atoms with Gasteiger partial charge in [0.1, 0.15) is 11.2 Å². The topological polar surface area (TPSA) is 120 Å². The van der Waals surface area contributed by atoms with E-state index in [1.807, 2.05) is 0 Å². The Morgan fingerprint density at radius 3 is 2.34 bits per heavy atom. The molecule has 3 heterocycles. The molecule has 15 heteroatoms. The number of carbonyl (C=O) groups excluding carboxylic acids is 1. The van der Waals surface area contributed by atoms with Crippen molar-refractivity contribution in [3.63, 3.8) is 0 Å². The van der Waals surface area contributed by atoms with Gasteiger partial charge in [-0.2, -0.15) is 26.3 Å². The normalized spacial score (nSPS) is 23.3. The summed E-state index contributed by atoms with van der Waals surface area (Å²) in [6.07, 6.45) is -12.6. The molecular formula is C23H28F6N4O5. The lowest BCUT2D eigenvalue weighted by molar-refractivity contribution is -0.278. The lowest BCUT2D eigenvalue weighted by Crippen LogP contribution is -2.43. The van der Waals surface area contributed by atoms with Crippen molar-refractivity contribution < 1.29 is 50.1 Å². The van der Waals surface area contributed by atoms with Crippen LogP contribution in [0, 0.1) is 5.92 Å². The molecule has 0 aromatic carbocycles. The van der Waals surface area contributed by atoms with Crippen LogP contribution in [0.4, 0.5) is 36.8 Å². The lowest BCUT2D eigenvalue weighted by Gasteiger charge is -2.28. The highest BCUT2D eigenvalue weighted by Gasteiger charge is 2.58. The third kappa shape index (κ3) is 6.66.